The summed E-state index contributed by atoms with van der Waals surface area (Å²) in [6.07, 6.45) is 4.27. The lowest BCUT2D eigenvalue weighted by atomic mass is 9.83. The number of carbonyl (C=O) groups excluding carboxylic acids is 1. The lowest BCUT2D eigenvalue weighted by Gasteiger charge is -2.49. The van der Waals surface area contributed by atoms with Crippen molar-refractivity contribution >= 4 is 17.3 Å². The minimum Gasteiger partial charge on any atom is -0.497 e. The fourth-order valence-corrected chi connectivity index (χ4v) is 5.02. The largest absolute Gasteiger partial charge is 0.497 e. The predicted octanol–water partition coefficient (Wildman–Crippen LogP) is 3.58. The van der Waals surface area contributed by atoms with Gasteiger partial charge in [-0.2, -0.15) is 0 Å². The van der Waals surface area contributed by atoms with Crippen molar-refractivity contribution in [3.8, 4) is 5.75 Å². The first-order valence-electron chi connectivity index (χ1n) is 11.5. The number of methoxy groups -OCH3 is 1. The van der Waals surface area contributed by atoms with Gasteiger partial charge in [0.15, 0.2) is 0 Å². The molecule has 1 saturated heterocycles. The second kappa shape index (κ2) is 9.14. The van der Waals surface area contributed by atoms with Gasteiger partial charge in [0.1, 0.15) is 5.75 Å². The van der Waals surface area contributed by atoms with E-state index in [9.17, 15) is 4.79 Å². The second-order valence-corrected chi connectivity index (χ2v) is 8.93. The van der Waals surface area contributed by atoms with Gasteiger partial charge in [0.2, 0.25) is 5.91 Å². The van der Waals surface area contributed by atoms with Crippen LogP contribution < -0.4 is 19.9 Å². The van der Waals surface area contributed by atoms with Crippen LogP contribution in [0.4, 0.5) is 11.4 Å². The molecule has 1 fully saturated rings. The summed E-state index contributed by atoms with van der Waals surface area (Å²) in [4.78, 5) is 22.4. The molecule has 170 valence electrons. The number of benzene rings is 2. The maximum absolute atomic E-state index is 13.4. The Morgan fingerprint density at radius 2 is 2.00 bits per heavy atom. The number of ether oxygens (including phenoxy) is 1. The van der Waals surface area contributed by atoms with Gasteiger partial charge < -0.3 is 19.9 Å². The fourth-order valence-electron chi connectivity index (χ4n) is 5.02. The molecule has 3 aromatic rings. The number of nitrogens with one attached hydrogen (secondary N) is 1. The maximum atomic E-state index is 13.4. The first kappa shape index (κ1) is 21.3. The van der Waals surface area contributed by atoms with E-state index in [1.807, 2.05) is 18.2 Å². The van der Waals surface area contributed by atoms with Crippen molar-refractivity contribution in [1.82, 2.24) is 10.3 Å². The van der Waals surface area contributed by atoms with E-state index in [4.69, 9.17) is 4.74 Å². The number of aromatic nitrogens is 1. The number of fused-ring (bicyclic) bond motifs is 3. The molecule has 2 aliphatic heterocycles. The Morgan fingerprint density at radius 3 is 2.76 bits per heavy atom. The summed E-state index contributed by atoms with van der Waals surface area (Å²) in [6.45, 7) is 5.19. The number of aryl methyl sites for hydroxylation is 1. The molecular weight excluding hydrogens is 412 g/mol. The zero-order valence-corrected chi connectivity index (χ0v) is 19.2. The summed E-state index contributed by atoms with van der Waals surface area (Å²) in [6, 6.07) is 18.9. The van der Waals surface area contributed by atoms with Crippen molar-refractivity contribution in [2.45, 2.75) is 25.9 Å². The van der Waals surface area contributed by atoms with E-state index in [1.54, 1.807) is 19.5 Å². The Balaban J connectivity index is 1.42. The van der Waals surface area contributed by atoms with E-state index in [-0.39, 0.29) is 17.9 Å². The number of piperazine rings is 1. The number of nitrogens with zero attached hydrogens (tertiary/aromatic N) is 3. The van der Waals surface area contributed by atoms with E-state index in [1.165, 1.54) is 22.5 Å². The monoisotopic (exact) mass is 442 g/mol. The molecule has 1 aromatic heterocycles. The van der Waals surface area contributed by atoms with Gasteiger partial charge in [0.25, 0.3) is 0 Å². The molecule has 0 unspecified atom stereocenters. The Kier molecular flexibility index (Phi) is 5.90. The first-order valence-corrected chi connectivity index (χ1v) is 11.5. The topological polar surface area (TPSA) is 57.7 Å². The molecule has 6 nitrogen and oxygen atoms in total. The van der Waals surface area contributed by atoms with Crippen molar-refractivity contribution in [2.24, 2.45) is 5.92 Å². The van der Waals surface area contributed by atoms with Crippen LogP contribution in [0.3, 0.4) is 0 Å². The fraction of sp³-hybridized carbons (Fsp3) is 0.333. The van der Waals surface area contributed by atoms with Gasteiger partial charge in [-0.05, 0) is 48.7 Å². The molecule has 3 heterocycles. The van der Waals surface area contributed by atoms with Crippen LogP contribution >= 0.6 is 0 Å². The molecule has 2 aromatic carbocycles. The van der Waals surface area contributed by atoms with Gasteiger partial charge in [-0.15, -0.1) is 0 Å². The van der Waals surface area contributed by atoms with Gasteiger partial charge in [0, 0.05) is 56.0 Å². The van der Waals surface area contributed by atoms with E-state index in [0.29, 0.717) is 6.54 Å². The third kappa shape index (κ3) is 4.38. The third-order valence-electron chi connectivity index (χ3n) is 6.85. The molecule has 2 aliphatic rings. The maximum Gasteiger partial charge on any atom is 0.225 e. The van der Waals surface area contributed by atoms with Crippen LogP contribution in [0.2, 0.25) is 0 Å². The highest BCUT2D eigenvalue weighted by Crippen LogP contribution is 2.39. The molecule has 0 saturated carbocycles. The van der Waals surface area contributed by atoms with Crippen molar-refractivity contribution in [1.29, 1.82) is 0 Å². The summed E-state index contributed by atoms with van der Waals surface area (Å²) in [5.74, 6) is 0.824. The summed E-state index contributed by atoms with van der Waals surface area (Å²) in [5.41, 5.74) is 5.88. The van der Waals surface area contributed by atoms with E-state index < -0.39 is 0 Å². The van der Waals surface area contributed by atoms with Crippen LogP contribution in [0.1, 0.15) is 16.7 Å². The van der Waals surface area contributed by atoms with Crippen LogP contribution in [-0.4, -0.2) is 43.7 Å². The zero-order chi connectivity index (χ0) is 22.8. The van der Waals surface area contributed by atoms with Crippen molar-refractivity contribution < 1.29 is 9.53 Å². The summed E-state index contributed by atoms with van der Waals surface area (Å²) in [5, 5.41) is 3.17. The SMILES string of the molecule is COc1ccc2c(c1)N1CCN(c3ccc(C)cc3)C[C@@H]1[C@@H](C(=O)NCc1cccnc1)C2. The normalized spacial score (nSPS) is 19.5. The molecule has 0 bridgehead atoms. The Bertz CT molecular complexity index is 1120. The van der Waals surface area contributed by atoms with Crippen molar-refractivity contribution in [3.63, 3.8) is 0 Å². The molecule has 1 amide bonds. The molecule has 1 N–H and O–H groups in total. The zero-order valence-electron chi connectivity index (χ0n) is 19.2. The van der Waals surface area contributed by atoms with Crippen molar-refractivity contribution in [2.75, 3.05) is 36.5 Å². The third-order valence-corrected chi connectivity index (χ3v) is 6.85. The van der Waals surface area contributed by atoms with Gasteiger partial charge in [0.05, 0.1) is 19.1 Å². The predicted molar refractivity (Wildman–Crippen MR) is 131 cm³/mol. The highest BCUT2D eigenvalue weighted by Gasteiger charge is 2.41. The summed E-state index contributed by atoms with van der Waals surface area (Å²) >= 11 is 0. The minimum absolute atomic E-state index is 0.0913. The minimum atomic E-state index is -0.129. The first-order chi connectivity index (χ1) is 16.1. The average molecular weight is 443 g/mol. The number of carbonyl (C=O) groups is 1. The number of amides is 1. The molecule has 0 radical (unpaired) electrons. The van der Waals surface area contributed by atoms with Gasteiger partial charge in [-0.1, -0.05) is 29.8 Å². The van der Waals surface area contributed by atoms with E-state index >= 15 is 0 Å². The van der Waals surface area contributed by atoms with Crippen LogP contribution in [0.15, 0.2) is 67.0 Å². The molecule has 6 heteroatoms. The number of anilines is 2. The molecule has 33 heavy (non-hydrogen) atoms. The van der Waals surface area contributed by atoms with Gasteiger partial charge in [-0.3, -0.25) is 9.78 Å². The van der Waals surface area contributed by atoms with Gasteiger partial charge >= 0.3 is 0 Å². The Morgan fingerprint density at radius 1 is 1.15 bits per heavy atom. The number of rotatable bonds is 5. The van der Waals surface area contributed by atoms with Crippen LogP contribution in [-0.2, 0) is 17.8 Å². The Hall–Kier alpha value is -3.54. The van der Waals surface area contributed by atoms with E-state index in [0.717, 1.165) is 37.4 Å². The lowest BCUT2D eigenvalue weighted by molar-refractivity contribution is -0.126. The molecular formula is C27H30N4O2. The average Bonchev–Trinajstić information content (AvgIpc) is 2.87. The highest BCUT2D eigenvalue weighted by atomic mass is 16.5. The smallest absolute Gasteiger partial charge is 0.225 e. The number of pyridine rings is 1. The lowest BCUT2D eigenvalue weighted by Crippen LogP contribution is -2.61. The second-order valence-electron chi connectivity index (χ2n) is 8.93. The molecule has 0 spiro atoms. The molecule has 5 rings (SSSR count). The summed E-state index contributed by atoms with van der Waals surface area (Å²) in [7, 11) is 1.70. The number of hydrogen-bond donors (Lipinski definition) is 1. The quantitative estimate of drug-likeness (QED) is 0.655. The van der Waals surface area contributed by atoms with Crippen molar-refractivity contribution in [3.05, 3.63) is 83.7 Å². The van der Waals surface area contributed by atoms with Crippen LogP contribution in [0.5, 0.6) is 5.75 Å². The van der Waals surface area contributed by atoms with Crippen LogP contribution in [0.25, 0.3) is 0 Å². The highest BCUT2D eigenvalue weighted by molar-refractivity contribution is 5.82. The molecule has 2 atom stereocenters. The van der Waals surface area contributed by atoms with Gasteiger partial charge in [-0.25, -0.2) is 0 Å². The van der Waals surface area contributed by atoms with E-state index in [2.05, 4.69) is 63.4 Å². The standard InChI is InChI=1S/C27H30N4O2/c1-19-5-8-22(9-6-19)30-12-13-31-25-15-23(33-2)10-7-21(25)14-24(26(31)18-30)27(32)29-17-20-4-3-11-28-16-20/h3-11,15-16,24,26H,12-14,17-18H2,1-2H3,(H,29,32)/t24-,26+/m0/s1. The van der Waals surface area contributed by atoms with Crippen LogP contribution in [0, 0.1) is 12.8 Å². The summed E-state index contributed by atoms with van der Waals surface area (Å²) < 4.78 is 5.50. The number of hydrogen-bond acceptors (Lipinski definition) is 5. The molecule has 0 aliphatic carbocycles. The Labute approximate surface area is 195 Å².